The lowest BCUT2D eigenvalue weighted by molar-refractivity contribution is 0.630. The third-order valence-corrected chi connectivity index (χ3v) is 16.6. The van der Waals surface area contributed by atoms with Crippen LogP contribution in [0.15, 0.2) is 271 Å². The Hall–Kier alpha value is -8.96. The van der Waals surface area contributed by atoms with Gasteiger partial charge in [-0.1, -0.05) is 208 Å². The van der Waals surface area contributed by atoms with E-state index in [2.05, 4.69) is 212 Å². The molecular weight excluding hydrogens is 932 g/mol. The minimum atomic E-state index is -0.295. The molecule has 75 heavy (non-hydrogen) atoms. The summed E-state index contributed by atoms with van der Waals surface area (Å²) >= 11 is 1.84. The highest BCUT2D eigenvalue weighted by atomic mass is 32.2. The van der Waals surface area contributed by atoms with E-state index in [1.165, 1.54) is 65.1 Å². The van der Waals surface area contributed by atoms with Crippen LogP contribution in [0.1, 0.15) is 25.0 Å². The van der Waals surface area contributed by atoms with Crippen LogP contribution < -0.4 is 9.80 Å². The van der Waals surface area contributed by atoms with Gasteiger partial charge in [0.15, 0.2) is 0 Å². The Morgan fingerprint density at radius 1 is 0.347 bits per heavy atom. The molecule has 0 radical (unpaired) electrons. The van der Waals surface area contributed by atoms with E-state index in [4.69, 9.17) is 0 Å². The molecule has 12 aromatic rings. The predicted molar refractivity (Wildman–Crippen MR) is 314 cm³/mol. The zero-order chi connectivity index (χ0) is 50.2. The van der Waals surface area contributed by atoms with Crippen molar-refractivity contribution in [1.82, 2.24) is 0 Å². The van der Waals surface area contributed by atoms with Gasteiger partial charge in [0.2, 0.25) is 0 Å². The van der Waals surface area contributed by atoms with Crippen LogP contribution in [0, 0.1) is 5.82 Å². The molecule has 4 heteroatoms. The van der Waals surface area contributed by atoms with Crippen LogP contribution in [-0.2, 0) is 5.41 Å². The molecule has 2 aliphatic rings. The zero-order valence-electron chi connectivity index (χ0n) is 41.5. The van der Waals surface area contributed by atoms with E-state index < -0.39 is 0 Å². The second kappa shape index (κ2) is 17.9. The van der Waals surface area contributed by atoms with Gasteiger partial charge in [-0.15, -0.1) is 0 Å². The SMILES string of the molecule is CC1(C)c2ccccc2-c2cc(N(c3ccc4c(c3)Sc3cccc5c3c-4cc3ccc(N(c4ccccc4)c4c(F)cc(-c6ccccc6)cc4-c4ccccc4)cc35)c3ccccc3-c3ccccc3)ccc21. The Kier molecular flexibility index (Phi) is 10.7. The van der Waals surface area contributed by atoms with E-state index in [1.807, 2.05) is 78.5 Å². The Balaban J connectivity index is 0.920. The number of benzene rings is 12. The molecule has 0 unspecified atom stereocenters. The molecule has 0 aromatic heterocycles. The van der Waals surface area contributed by atoms with Crippen LogP contribution in [0.4, 0.5) is 38.5 Å². The van der Waals surface area contributed by atoms with Gasteiger partial charge in [-0.25, -0.2) is 4.39 Å². The van der Waals surface area contributed by atoms with Crippen molar-refractivity contribution < 1.29 is 4.39 Å². The minimum absolute atomic E-state index is 0.0972. The zero-order valence-corrected chi connectivity index (χ0v) is 42.3. The van der Waals surface area contributed by atoms with E-state index in [-0.39, 0.29) is 11.2 Å². The molecule has 0 N–H and O–H groups in total. The third kappa shape index (κ3) is 7.47. The van der Waals surface area contributed by atoms with Crippen LogP contribution in [-0.4, -0.2) is 0 Å². The molecule has 0 saturated carbocycles. The number of hydrogen-bond donors (Lipinski definition) is 0. The summed E-state index contributed by atoms with van der Waals surface area (Å²) in [6.45, 7) is 4.68. The Bertz CT molecular complexity index is 4190. The molecule has 0 bridgehead atoms. The average molecular weight is 981 g/mol. The number of rotatable bonds is 9. The second-order valence-electron chi connectivity index (χ2n) is 20.2. The highest BCUT2D eigenvalue weighted by molar-refractivity contribution is 7.99. The predicted octanol–water partition coefficient (Wildman–Crippen LogP) is 20.5. The molecule has 0 saturated heterocycles. The van der Waals surface area contributed by atoms with E-state index in [1.54, 1.807) is 6.07 Å². The minimum Gasteiger partial charge on any atom is -0.310 e. The van der Waals surface area contributed by atoms with Gasteiger partial charge >= 0.3 is 0 Å². The fourth-order valence-electron chi connectivity index (χ4n) is 11.9. The summed E-state index contributed by atoms with van der Waals surface area (Å²) in [4.78, 5) is 6.96. The molecule has 0 amide bonds. The first-order valence-corrected chi connectivity index (χ1v) is 26.5. The van der Waals surface area contributed by atoms with E-state index in [0.29, 0.717) is 5.69 Å². The topological polar surface area (TPSA) is 6.48 Å². The lowest BCUT2D eigenvalue weighted by Gasteiger charge is -2.31. The molecule has 12 aromatic carbocycles. The molecule has 1 heterocycles. The molecule has 356 valence electrons. The van der Waals surface area contributed by atoms with Gasteiger partial charge < -0.3 is 9.80 Å². The highest BCUT2D eigenvalue weighted by Crippen LogP contribution is 2.55. The molecule has 0 atom stereocenters. The largest absolute Gasteiger partial charge is 0.310 e. The summed E-state index contributed by atoms with van der Waals surface area (Å²) in [5.41, 5.74) is 19.1. The van der Waals surface area contributed by atoms with E-state index in [0.717, 1.165) is 61.5 Å². The van der Waals surface area contributed by atoms with Crippen molar-refractivity contribution in [2.75, 3.05) is 9.80 Å². The van der Waals surface area contributed by atoms with Crippen molar-refractivity contribution in [2.24, 2.45) is 0 Å². The maximum Gasteiger partial charge on any atom is 0.148 e. The average Bonchev–Trinajstić information content (AvgIpc) is 3.69. The van der Waals surface area contributed by atoms with Crippen LogP contribution in [0.25, 0.3) is 77.2 Å². The summed E-state index contributed by atoms with van der Waals surface area (Å²) < 4.78 is 17.4. The quantitative estimate of drug-likeness (QED) is 0.133. The lowest BCUT2D eigenvalue weighted by Crippen LogP contribution is -2.15. The summed E-state index contributed by atoms with van der Waals surface area (Å²) in [6.07, 6.45) is 0. The van der Waals surface area contributed by atoms with Crippen molar-refractivity contribution in [2.45, 2.75) is 29.1 Å². The smallest absolute Gasteiger partial charge is 0.148 e. The number of halogens is 1. The van der Waals surface area contributed by atoms with Gasteiger partial charge in [0.1, 0.15) is 5.82 Å². The maximum atomic E-state index is 17.4. The van der Waals surface area contributed by atoms with E-state index in [9.17, 15) is 0 Å². The van der Waals surface area contributed by atoms with Crippen molar-refractivity contribution >= 4 is 67.4 Å². The molecule has 14 rings (SSSR count). The van der Waals surface area contributed by atoms with Crippen LogP contribution in [0.2, 0.25) is 0 Å². The highest BCUT2D eigenvalue weighted by Gasteiger charge is 2.36. The van der Waals surface area contributed by atoms with Gasteiger partial charge in [0, 0.05) is 54.5 Å². The normalized spacial score (nSPS) is 12.8. The molecule has 1 aliphatic carbocycles. The van der Waals surface area contributed by atoms with Gasteiger partial charge in [-0.3, -0.25) is 0 Å². The van der Waals surface area contributed by atoms with Crippen molar-refractivity contribution in [3.8, 4) is 55.6 Å². The number of anilines is 6. The Morgan fingerprint density at radius 2 is 0.947 bits per heavy atom. The summed E-state index contributed by atoms with van der Waals surface area (Å²) in [6, 6.07) is 92.4. The van der Waals surface area contributed by atoms with Crippen molar-refractivity contribution in [1.29, 1.82) is 0 Å². The lowest BCUT2D eigenvalue weighted by atomic mass is 9.82. The first kappa shape index (κ1) is 44.7. The van der Waals surface area contributed by atoms with Gasteiger partial charge in [0.05, 0.1) is 11.4 Å². The fourth-order valence-corrected chi connectivity index (χ4v) is 13.1. The number of fused-ring (bicyclic) bond motifs is 7. The van der Waals surface area contributed by atoms with Gasteiger partial charge in [0.25, 0.3) is 0 Å². The van der Waals surface area contributed by atoms with Crippen molar-refractivity contribution in [3.05, 3.63) is 278 Å². The first-order valence-electron chi connectivity index (χ1n) is 25.7. The first-order chi connectivity index (χ1) is 36.9. The Labute approximate surface area is 441 Å². The number of hydrogen-bond acceptors (Lipinski definition) is 3. The molecule has 0 spiro atoms. The maximum absolute atomic E-state index is 17.4. The fraction of sp³-hybridized carbons (Fsp3) is 0.0423. The summed E-state index contributed by atoms with van der Waals surface area (Å²) in [5.74, 6) is -0.295. The Morgan fingerprint density at radius 3 is 1.71 bits per heavy atom. The molecule has 0 fully saturated rings. The van der Waals surface area contributed by atoms with Crippen LogP contribution >= 0.6 is 11.8 Å². The van der Waals surface area contributed by atoms with Crippen LogP contribution in [0.5, 0.6) is 0 Å². The molecule has 2 nitrogen and oxygen atoms in total. The number of nitrogens with zero attached hydrogens (tertiary/aromatic N) is 2. The second-order valence-corrected chi connectivity index (χ2v) is 21.3. The standard InChI is InChI=1S/C71H49FN2S/c1-71(2)63-31-17-15-29-56(63)61-44-52(37-39-64(61)71)73(66-32-18-16-28-55(66)47-22-9-4-10-23-47)54-36-38-57-62-40-49-34-35-53(43-59(49)58-30-19-33-67(69(58)62)75-68(57)45-54)74(51-26-13-6-14-27-51)70-60(48-24-11-5-12-25-48)41-50(42-65(70)72)46-20-7-3-8-21-46/h3-45H,1-2H3. The summed E-state index contributed by atoms with van der Waals surface area (Å²) in [5, 5.41) is 4.63. The van der Waals surface area contributed by atoms with Gasteiger partial charge in [-0.2, -0.15) is 0 Å². The van der Waals surface area contributed by atoms with E-state index >= 15 is 4.39 Å². The third-order valence-electron chi connectivity index (χ3n) is 15.5. The van der Waals surface area contributed by atoms with Crippen LogP contribution in [0.3, 0.4) is 0 Å². The molecule has 1 aliphatic heterocycles. The molecular formula is C71H49FN2S. The summed E-state index contributed by atoms with van der Waals surface area (Å²) in [7, 11) is 0. The van der Waals surface area contributed by atoms with Crippen molar-refractivity contribution in [3.63, 3.8) is 0 Å². The monoisotopic (exact) mass is 980 g/mol. The number of para-hydroxylation sites is 2. The van der Waals surface area contributed by atoms with Gasteiger partial charge in [-0.05, 0) is 151 Å².